The van der Waals surface area contributed by atoms with Crippen LogP contribution >= 0.6 is 0 Å². The molecule has 0 amide bonds. The molecule has 7 nitrogen and oxygen atoms in total. The van der Waals surface area contributed by atoms with E-state index in [9.17, 15) is 30.3 Å². The first-order chi connectivity index (χ1) is 12.0. The molecule has 0 radical (unpaired) electrons. The minimum Gasteiger partial charge on any atom is -0.459 e. The molecule has 7 heteroatoms. The van der Waals surface area contributed by atoms with Crippen molar-refractivity contribution in [3.05, 3.63) is 12.2 Å². The minimum absolute atomic E-state index is 0.126. The molecule has 0 spiro atoms. The third kappa shape index (κ3) is 1.79. The number of hydrogen-bond acceptors (Lipinski definition) is 7. The van der Waals surface area contributed by atoms with Crippen molar-refractivity contribution in [3.63, 3.8) is 0 Å². The number of carbonyl (C=O) groups excluding carboxylic acids is 1. The standard InChI is InChI=1S/C19H28O7/c1-6-5-8(20)15(24)18(3)9(6)12(22)16-19(4)10(17(25)26-16)7(2)11(21)13(23)14(18)19/h7-16,20-24H,1,5H2,2-4H3/t7-,8+,9-,10+,11-,12-,13-,14+,15-,16-,18+,19+/m1/s1. The van der Waals surface area contributed by atoms with E-state index in [1.165, 1.54) is 0 Å². The maximum atomic E-state index is 12.6. The Kier molecular flexibility index (Phi) is 3.74. The summed E-state index contributed by atoms with van der Waals surface area (Å²) >= 11 is 0. The van der Waals surface area contributed by atoms with Crippen molar-refractivity contribution in [1.82, 2.24) is 0 Å². The second kappa shape index (κ2) is 5.29. The van der Waals surface area contributed by atoms with Gasteiger partial charge in [0.25, 0.3) is 0 Å². The van der Waals surface area contributed by atoms with Gasteiger partial charge in [-0.3, -0.25) is 4.79 Å². The highest BCUT2D eigenvalue weighted by Gasteiger charge is 2.77. The molecule has 0 unspecified atom stereocenters. The summed E-state index contributed by atoms with van der Waals surface area (Å²) in [6.07, 6.45) is -6.54. The van der Waals surface area contributed by atoms with Gasteiger partial charge in [0, 0.05) is 22.7 Å². The van der Waals surface area contributed by atoms with Crippen molar-refractivity contribution in [2.45, 2.75) is 63.8 Å². The number of aliphatic hydroxyl groups excluding tert-OH is 5. The minimum atomic E-state index is -1.23. The molecule has 1 saturated heterocycles. The van der Waals surface area contributed by atoms with Gasteiger partial charge in [-0.05, 0) is 12.3 Å². The molecule has 4 aliphatic rings. The zero-order valence-corrected chi connectivity index (χ0v) is 15.2. The first kappa shape index (κ1) is 18.4. The lowest BCUT2D eigenvalue weighted by Crippen LogP contribution is -2.75. The van der Waals surface area contributed by atoms with Crippen molar-refractivity contribution in [2.24, 2.45) is 34.5 Å². The van der Waals surface area contributed by atoms with Gasteiger partial charge in [0.15, 0.2) is 0 Å². The summed E-state index contributed by atoms with van der Waals surface area (Å²) in [7, 11) is 0. The van der Waals surface area contributed by atoms with Crippen LogP contribution < -0.4 is 0 Å². The molecule has 0 aromatic heterocycles. The smallest absolute Gasteiger partial charge is 0.310 e. The van der Waals surface area contributed by atoms with Gasteiger partial charge in [0.2, 0.25) is 0 Å². The van der Waals surface area contributed by atoms with Gasteiger partial charge in [-0.1, -0.05) is 32.9 Å². The van der Waals surface area contributed by atoms with E-state index in [4.69, 9.17) is 4.74 Å². The van der Waals surface area contributed by atoms with Crippen LogP contribution in [0.1, 0.15) is 27.2 Å². The van der Waals surface area contributed by atoms with E-state index in [0.29, 0.717) is 5.57 Å². The van der Waals surface area contributed by atoms with Crippen LogP contribution in [-0.4, -0.2) is 68.1 Å². The maximum absolute atomic E-state index is 12.6. The van der Waals surface area contributed by atoms with Gasteiger partial charge >= 0.3 is 5.97 Å². The Labute approximate surface area is 152 Å². The topological polar surface area (TPSA) is 127 Å². The van der Waals surface area contributed by atoms with Crippen molar-refractivity contribution >= 4 is 5.97 Å². The Morgan fingerprint density at radius 1 is 1.00 bits per heavy atom. The average molecular weight is 368 g/mol. The Bertz CT molecular complexity index is 664. The molecule has 1 aliphatic heterocycles. The van der Waals surface area contributed by atoms with Crippen LogP contribution in [0.15, 0.2) is 12.2 Å². The molecule has 3 aliphatic carbocycles. The fourth-order valence-corrected chi connectivity index (χ4v) is 7.16. The summed E-state index contributed by atoms with van der Waals surface area (Å²) in [6, 6.07) is 0. The molecule has 146 valence electrons. The summed E-state index contributed by atoms with van der Waals surface area (Å²) in [5, 5.41) is 54.1. The third-order valence-corrected chi connectivity index (χ3v) is 8.11. The second-order valence-electron chi connectivity index (χ2n) is 9.23. The van der Waals surface area contributed by atoms with Crippen molar-refractivity contribution in [1.29, 1.82) is 0 Å². The number of hydrogen-bond donors (Lipinski definition) is 5. The molecule has 12 atom stereocenters. The number of ether oxygens (including phenoxy) is 1. The van der Waals surface area contributed by atoms with Crippen molar-refractivity contribution in [2.75, 3.05) is 0 Å². The Hall–Kier alpha value is -0.990. The van der Waals surface area contributed by atoms with Gasteiger partial charge in [-0.15, -0.1) is 0 Å². The van der Waals surface area contributed by atoms with Crippen LogP contribution in [0.5, 0.6) is 0 Å². The van der Waals surface area contributed by atoms with Crippen LogP contribution in [0.4, 0.5) is 0 Å². The van der Waals surface area contributed by atoms with Gasteiger partial charge in [0.05, 0.1) is 36.4 Å². The Balaban J connectivity index is 1.97. The summed E-state index contributed by atoms with van der Waals surface area (Å²) in [5.41, 5.74) is -1.58. The lowest BCUT2D eigenvalue weighted by atomic mass is 9.38. The molecule has 1 heterocycles. The van der Waals surface area contributed by atoms with Crippen LogP contribution in [0.2, 0.25) is 0 Å². The molecule has 3 saturated carbocycles. The van der Waals surface area contributed by atoms with E-state index in [2.05, 4.69) is 6.58 Å². The third-order valence-electron chi connectivity index (χ3n) is 8.11. The number of esters is 1. The average Bonchev–Trinajstić information content (AvgIpc) is 2.81. The second-order valence-corrected chi connectivity index (χ2v) is 9.23. The Morgan fingerprint density at radius 2 is 1.62 bits per heavy atom. The van der Waals surface area contributed by atoms with E-state index in [1.807, 2.05) is 0 Å². The summed E-state index contributed by atoms with van der Waals surface area (Å²) in [4.78, 5) is 12.6. The zero-order chi connectivity index (χ0) is 19.3. The monoisotopic (exact) mass is 368 g/mol. The number of carbonyl (C=O) groups is 1. The van der Waals surface area contributed by atoms with Gasteiger partial charge in [-0.25, -0.2) is 0 Å². The van der Waals surface area contributed by atoms with Crippen LogP contribution in [0, 0.1) is 34.5 Å². The highest BCUT2D eigenvalue weighted by Crippen LogP contribution is 2.69. The lowest BCUT2D eigenvalue weighted by Gasteiger charge is -2.66. The quantitative estimate of drug-likeness (QED) is 0.280. The fourth-order valence-electron chi connectivity index (χ4n) is 7.16. The largest absolute Gasteiger partial charge is 0.459 e. The lowest BCUT2D eigenvalue weighted by molar-refractivity contribution is -0.283. The highest BCUT2D eigenvalue weighted by molar-refractivity contribution is 5.77. The molecule has 0 bridgehead atoms. The number of fused-ring (bicyclic) bond motifs is 2. The summed E-state index contributed by atoms with van der Waals surface area (Å²) < 4.78 is 5.57. The summed E-state index contributed by atoms with van der Waals surface area (Å²) in [6.45, 7) is 9.16. The first-order valence-corrected chi connectivity index (χ1v) is 9.27. The molecule has 0 aromatic carbocycles. The fraction of sp³-hybridized carbons (Fsp3) is 0.842. The van der Waals surface area contributed by atoms with Crippen molar-refractivity contribution in [3.8, 4) is 0 Å². The predicted molar refractivity (Wildman–Crippen MR) is 89.5 cm³/mol. The van der Waals surface area contributed by atoms with E-state index < -0.39 is 77.1 Å². The molecule has 5 N–H and O–H groups in total. The van der Waals surface area contributed by atoms with Crippen LogP contribution in [0.3, 0.4) is 0 Å². The van der Waals surface area contributed by atoms with E-state index in [1.54, 1.807) is 20.8 Å². The molecule has 4 fully saturated rings. The normalized spacial score (nSPS) is 61.7. The zero-order valence-electron chi connectivity index (χ0n) is 15.2. The van der Waals surface area contributed by atoms with Crippen LogP contribution in [0.25, 0.3) is 0 Å². The summed E-state index contributed by atoms with van der Waals surface area (Å²) in [5.74, 6) is -3.17. The number of rotatable bonds is 0. The molecular formula is C19H28O7. The first-order valence-electron chi connectivity index (χ1n) is 9.27. The molecular weight excluding hydrogens is 340 g/mol. The van der Waals surface area contributed by atoms with E-state index >= 15 is 0 Å². The Morgan fingerprint density at radius 3 is 2.23 bits per heavy atom. The maximum Gasteiger partial charge on any atom is 0.310 e. The molecule has 4 rings (SSSR count). The van der Waals surface area contributed by atoms with Crippen molar-refractivity contribution < 1.29 is 35.1 Å². The molecule has 26 heavy (non-hydrogen) atoms. The molecule has 0 aromatic rings. The SMILES string of the molecule is C=C1C[C@H](O)[C@@H](O)[C@]2(C)[C@@H]3[C@H](O)[C@H](O)[C@H](C)[C@H]4C(=O)O[C@H]([C@H](O)[C@@H]12)[C@]34C. The van der Waals surface area contributed by atoms with Gasteiger partial charge < -0.3 is 30.3 Å². The predicted octanol–water partition coefficient (Wildman–Crippen LogP) is -0.799. The van der Waals surface area contributed by atoms with Gasteiger partial charge in [0.1, 0.15) is 6.10 Å². The van der Waals surface area contributed by atoms with Crippen LogP contribution in [-0.2, 0) is 9.53 Å². The van der Waals surface area contributed by atoms with Gasteiger partial charge in [-0.2, -0.15) is 0 Å². The van der Waals surface area contributed by atoms with E-state index in [-0.39, 0.29) is 6.42 Å². The van der Waals surface area contributed by atoms with E-state index in [0.717, 1.165) is 0 Å². The highest BCUT2D eigenvalue weighted by atomic mass is 16.6. The number of aliphatic hydroxyl groups is 5.